The van der Waals surface area contributed by atoms with Gasteiger partial charge in [-0.2, -0.15) is 14.1 Å². The number of rotatable bonds is 4. The average Bonchev–Trinajstić information content (AvgIpc) is 2.96. The van der Waals surface area contributed by atoms with Crippen LogP contribution in [0.2, 0.25) is 0 Å². The first kappa shape index (κ1) is 20.2. The molecule has 0 aliphatic carbocycles. The van der Waals surface area contributed by atoms with E-state index in [9.17, 15) is 23.3 Å². The van der Waals surface area contributed by atoms with Gasteiger partial charge in [-0.1, -0.05) is 13.0 Å². The number of non-ortho nitro benzene ring substituents is 1. The second-order valence-electron chi connectivity index (χ2n) is 7.11. The molecular weight excluding hydrogens is 384 g/mol. The van der Waals surface area contributed by atoms with Gasteiger partial charge >= 0.3 is 0 Å². The Hall–Kier alpha value is -2.59. The van der Waals surface area contributed by atoms with Crippen molar-refractivity contribution in [3.63, 3.8) is 0 Å². The minimum Gasteiger partial charge on any atom is -0.267 e. The number of carbonyl (C=O) groups excluding carboxylic acids is 1. The Kier molecular flexibility index (Phi) is 5.35. The van der Waals surface area contributed by atoms with Crippen LogP contribution in [-0.2, 0) is 10.0 Å². The third-order valence-electron chi connectivity index (χ3n) is 5.06. The molecular formula is C18H22N4O5S. The molecule has 10 heteroatoms. The molecule has 1 aromatic heterocycles. The van der Waals surface area contributed by atoms with Gasteiger partial charge in [0.05, 0.1) is 16.3 Å². The van der Waals surface area contributed by atoms with E-state index in [-0.39, 0.29) is 27.5 Å². The summed E-state index contributed by atoms with van der Waals surface area (Å²) in [5.41, 5.74) is 0.278. The van der Waals surface area contributed by atoms with E-state index in [0.29, 0.717) is 19.0 Å². The summed E-state index contributed by atoms with van der Waals surface area (Å²) in [5.74, 6) is -0.134. The second-order valence-corrected chi connectivity index (χ2v) is 8.99. The molecule has 0 N–H and O–H groups in total. The third kappa shape index (κ3) is 3.57. The van der Waals surface area contributed by atoms with Crippen LogP contribution in [0.5, 0.6) is 0 Å². The van der Waals surface area contributed by atoms with Crippen LogP contribution in [0, 0.1) is 29.9 Å². The number of hydrogen-bond donors (Lipinski definition) is 0. The number of nitrogens with zero attached hydrogens (tertiary/aromatic N) is 4. The van der Waals surface area contributed by atoms with Crippen molar-refractivity contribution in [1.82, 2.24) is 14.1 Å². The predicted molar refractivity (Wildman–Crippen MR) is 102 cm³/mol. The van der Waals surface area contributed by atoms with E-state index in [4.69, 9.17) is 0 Å². The van der Waals surface area contributed by atoms with E-state index in [1.807, 2.05) is 0 Å². The van der Waals surface area contributed by atoms with Gasteiger partial charge in [0.2, 0.25) is 10.0 Å². The van der Waals surface area contributed by atoms with Crippen LogP contribution in [-0.4, -0.2) is 46.4 Å². The highest BCUT2D eigenvalue weighted by molar-refractivity contribution is 7.89. The van der Waals surface area contributed by atoms with Crippen LogP contribution in [0.4, 0.5) is 5.69 Å². The molecule has 1 saturated heterocycles. The van der Waals surface area contributed by atoms with Gasteiger partial charge in [0.15, 0.2) is 0 Å². The molecule has 0 radical (unpaired) electrons. The first-order chi connectivity index (χ1) is 13.1. The van der Waals surface area contributed by atoms with Gasteiger partial charge in [-0.25, -0.2) is 8.42 Å². The minimum atomic E-state index is -3.77. The van der Waals surface area contributed by atoms with Crippen molar-refractivity contribution in [2.75, 3.05) is 13.1 Å². The maximum atomic E-state index is 13.1. The lowest BCUT2D eigenvalue weighted by molar-refractivity contribution is -0.384. The van der Waals surface area contributed by atoms with E-state index in [1.165, 1.54) is 29.4 Å². The summed E-state index contributed by atoms with van der Waals surface area (Å²) < 4.78 is 28.7. The Bertz CT molecular complexity index is 1040. The second kappa shape index (κ2) is 7.44. The Morgan fingerprint density at radius 2 is 1.89 bits per heavy atom. The summed E-state index contributed by atoms with van der Waals surface area (Å²) in [6.07, 6.45) is 1.58. The monoisotopic (exact) mass is 406 g/mol. The summed E-state index contributed by atoms with van der Waals surface area (Å²) in [6.45, 7) is 6.04. The molecule has 1 fully saturated rings. The molecule has 0 bridgehead atoms. The van der Waals surface area contributed by atoms with Crippen LogP contribution in [0.1, 0.15) is 41.5 Å². The molecule has 0 amide bonds. The van der Waals surface area contributed by atoms with Crippen LogP contribution in [0.25, 0.3) is 0 Å². The molecule has 0 atom stereocenters. The van der Waals surface area contributed by atoms with E-state index < -0.39 is 20.9 Å². The van der Waals surface area contributed by atoms with E-state index in [1.54, 1.807) is 6.92 Å². The maximum absolute atomic E-state index is 13.1. The highest BCUT2D eigenvalue weighted by atomic mass is 32.2. The predicted octanol–water partition coefficient (Wildman–Crippen LogP) is 2.52. The highest BCUT2D eigenvalue weighted by Crippen LogP contribution is 2.28. The maximum Gasteiger partial charge on any atom is 0.278 e. The zero-order chi connectivity index (χ0) is 20.6. The zero-order valence-corrected chi connectivity index (χ0v) is 16.8. The number of nitro groups is 1. The van der Waals surface area contributed by atoms with Crippen molar-refractivity contribution in [2.24, 2.45) is 5.92 Å². The number of sulfonamides is 1. The molecule has 1 aliphatic rings. The standard InChI is InChI=1S/C18H22N4O5S/c1-12-7-9-20(10-8-12)28(26,27)17-13(2)19-21(14(17)3)18(23)15-5-4-6-16(11-15)22(24)25/h4-6,11-12H,7-10H2,1-3H3. The topological polar surface area (TPSA) is 115 Å². The van der Waals surface area contributed by atoms with Crippen molar-refractivity contribution in [1.29, 1.82) is 0 Å². The fraction of sp³-hybridized carbons (Fsp3) is 0.444. The fourth-order valence-electron chi connectivity index (χ4n) is 3.43. The summed E-state index contributed by atoms with van der Waals surface area (Å²) in [5, 5.41) is 15.1. The minimum absolute atomic E-state index is 0.0285. The van der Waals surface area contributed by atoms with Gasteiger partial charge in [0, 0.05) is 30.8 Å². The van der Waals surface area contributed by atoms with E-state index in [0.717, 1.165) is 23.6 Å². The van der Waals surface area contributed by atoms with Gasteiger partial charge in [0.25, 0.3) is 11.6 Å². The lowest BCUT2D eigenvalue weighted by Gasteiger charge is -2.29. The van der Waals surface area contributed by atoms with Crippen molar-refractivity contribution in [3.8, 4) is 0 Å². The number of aromatic nitrogens is 2. The van der Waals surface area contributed by atoms with Gasteiger partial charge in [0.1, 0.15) is 4.90 Å². The molecule has 1 aromatic carbocycles. The Morgan fingerprint density at radius 3 is 2.50 bits per heavy atom. The van der Waals surface area contributed by atoms with E-state index >= 15 is 0 Å². The zero-order valence-electron chi connectivity index (χ0n) is 16.0. The van der Waals surface area contributed by atoms with Crippen LogP contribution in [0.15, 0.2) is 29.2 Å². The Balaban J connectivity index is 1.99. The molecule has 0 unspecified atom stereocenters. The van der Waals surface area contributed by atoms with E-state index in [2.05, 4.69) is 12.0 Å². The molecule has 0 spiro atoms. The first-order valence-electron chi connectivity index (χ1n) is 8.98. The molecule has 150 valence electrons. The number of carbonyl (C=O) groups is 1. The van der Waals surface area contributed by atoms with Gasteiger partial charge in [-0.15, -0.1) is 0 Å². The van der Waals surface area contributed by atoms with Crippen molar-refractivity contribution < 1.29 is 18.1 Å². The van der Waals surface area contributed by atoms with Crippen LogP contribution in [0.3, 0.4) is 0 Å². The molecule has 28 heavy (non-hydrogen) atoms. The Labute approximate surface area is 163 Å². The number of nitro benzene ring substituents is 1. The van der Waals surface area contributed by atoms with Crippen molar-refractivity contribution >= 4 is 21.6 Å². The van der Waals surface area contributed by atoms with Gasteiger partial charge in [-0.3, -0.25) is 14.9 Å². The lowest BCUT2D eigenvalue weighted by atomic mass is 10.0. The van der Waals surface area contributed by atoms with Gasteiger partial charge < -0.3 is 0 Å². The molecule has 2 aromatic rings. The average molecular weight is 406 g/mol. The summed E-state index contributed by atoms with van der Waals surface area (Å²) in [7, 11) is -3.77. The molecule has 0 saturated carbocycles. The fourth-order valence-corrected chi connectivity index (χ4v) is 5.25. The number of piperidine rings is 1. The summed E-state index contributed by atoms with van der Waals surface area (Å²) in [4.78, 5) is 23.2. The third-order valence-corrected chi connectivity index (χ3v) is 7.21. The number of hydrogen-bond acceptors (Lipinski definition) is 6. The van der Waals surface area contributed by atoms with Crippen molar-refractivity contribution in [3.05, 3.63) is 51.3 Å². The molecule has 9 nitrogen and oxygen atoms in total. The summed E-state index contributed by atoms with van der Waals surface area (Å²) >= 11 is 0. The first-order valence-corrected chi connectivity index (χ1v) is 10.4. The van der Waals surface area contributed by atoms with Crippen LogP contribution >= 0.6 is 0 Å². The lowest BCUT2D eigenvalue weighted by Crippen LogP contribution is -2.38. The number of aryl methyl sites for hydroxylation is 1. The normalized spacial score (nSPS) is 16.2. The smallest absolute Gasteiger partial charge is 0.267 e. The number of benzene rings is 1. The molecule has 1 aliphatic heterocycles. The van der Waals surface area contributed by atoms with Crippen molar-refractivity contribution in [2.45, 2.75) is 38.5 Å². The quantitative estimate of drug-likeness (QED) is 0.569. The van der Waals surface area contributed by atoms with Crippen LogP contribution < -0.4 is 0 Å². The highest BCUT2D eigenvalue weighted by Gasteiger charge is 2.34. The molecule has 2 heterocycles. The van der Waals surface area contributed by atoms with Gasteiger partial charge in [-0.05, 0) is 38.7 Å². The SMILES string of the molecule is Cc1nn(C(=O)c2cccc([N+](=O)[O-])c2)c(C)c1S(=O)(=O)N1CCC(C)CC1. The Morgan fingerprint density at radius 1 is 1.25 bits per heavy atom. The largest absolute Gasteiger partial charge is 0.278 e. The molecule has 3 rings (SSSR count). The summed E-state index contributed by atoms with van der Waals surface area (Å²) in [6, 6.07) is 5.28.